The molecule has 4 nitrogen and oxygen atoms in total. The molecule has 0 fully saturated rings. The zero-order chi connectivity index (χ0) is 14.3. The summed E-state index contributed by atoms with van der Waals surface area (Å²) in [6.07, 6.45) is 1.89. The van der Waals surface area contributed by atoms with E-state index in [0.29, 0.717) is 11.3 Å². The number of nitrogens with zero attached hydrogens (tertiary/aromatic N) is 1. The molecule has 5 heteroatoms. The summed E-state index contributed by atoms with van der Waals surface area (Å²) >= 11 is 1.46. The van der Waals surface area contributed by atoms with E-state index < -0.39 is 5.97 Å². The number of nitrogens with one attached hydrogen (secondary N) is 1. The highest BCUT2D eigenvalue weighted by Crippen LogP contribution is 2.26. The molecule has 0 aromatic heterocycles. The fourth-order valence-corrected chi connectivity index (χ4v) is 2.57. The Bertz CT molecular complexity index is 420. The molecule has 0 heterocycles. The van der Waals surface area contributed by atoms with Crippen LogP contribution in [0.25, 0.3) is 0 Å². The lowest BCUT2D eigenvalue weighted by Gasteiger charge is -2.19. The molecule has 106 valence electrons. The predicted molar refractivity (Wildman–Crippen MR) is 81.5 cm³/mol. The molecule has 0 radical (unpaired) electrons. The quantitative estimate of drug-likeness (QED) is 0.718. The topological polar surface area (TPSA) is 52.6 Å². The Kier molecular flexibility index (Phi) is 6.73. The Morgan fingerprint density at radius 1 is 1.37 bits per heavy atom. The van der Waals surface area contributed by atoms with Gasteiger partial charge in [-0.2, -0.15) is 0 Å². The SMILES string of the molecule is CCN(CC)CCNc1cccc(SC)c1C(=O)O. The Morgan fingerprint density at radius 2 is 2.05 bits per heavy atom. The van der Waals surface area contributed by atoms with E-state index in [1.807, 2.05) is 24.5 Å². The first-order valence-corrected chi connectivity index (χ1v) is 7.73. The number of anilines is 1. The number of carboxylic acid groups (broad SMARTS) is 1. The normalized spacial score (nSPS) is 10.7. The van der Waals surface area contributed by atoms with Crippen molar-refractivity contribution in [1.82, 2.24) is 4.90 Å². The van der Waals surface area contributed by atoms with Crippen LogP contribution in [-0.2, 0) is 0 Å². The summed E-state index contributed by atoms with van der Waals surface area (Å²) < 4.78 is 0. The van der Waals surface area contributed by atoms with E-state index >= 15 is 0 Å². The molecule has 2 N–H and O–H groups in total. The number of carbonyl (C=O) groups is 1. The average Bonchev–Trinajstić information content (AvgIpc) is 2.42. The highest BCUT2D eigenvalue weighted by Gasteiger charge is 2.14. The number of likely N-dealkylation sites (N-methyl/N-ethyl adjacent to an activating group) is 1. The lowest BCUT2D eigenvalue weighted by Crippen LogP contribution is -2.28. The summed E-state index contributed by atoms with van der Waals surface area (Å²) in [6, 6.07) is 5.55. The van der Waals surface area contributed by atoms with E-state index in [0.717, 1.165) is 31.1 Å². The van der Waals surface area contributed by atoms with Crippen LogP contribution in [0.15, 0.2) is 23.1 Å². The highest BCUT2D eigenvalue weighted by atomic mass is 32.2. The van der Waals surface area contributed by atoms with Crippen molar-refractivity contribution in [3.05, 3.63) is 23.8 Å². The van der Waals surface area contributed by atoms with Crippen LogP contribution in [0.5, 0.6) is 0 Å². The second-order valence-corrected chi connectivity index (χ2v) is 4.99. The second kappa shape index (κ2) is 8.07. The number of rotatable bonds is 8. The van der Waals surface area contributed by atoms with Crippen LogP contribution >= 0.6 is 11.8 Å². The third-order valence-electron chi connectivity index (χ3n) is 3.10. The number of hydrogen-bond donors (Lipinski definition) is 2. The molecule has 0 bridgehead atoms. The van der Waals surface area contributed by atoms with Crippen molar-refractivity contribution in [2.45, 2.75) is 18.7 Å². The molecule has 0 saturated heterocycles. The zero-order valence-electron chi connectivity index (χ0n) is 11.8. The molecule has 1 aromatic rings. The van der Waals surface area contributed by atoms with Crippen molar-refractivity contribution in [3.8, 4) is 0 Å². The molecule has 0 spiro atoms. The first kappa shape index (κ1) is 15.9. The van der Waals surface area contributed by atoms with Crippen LogP contribution in [0.3, 0.4) is 0 Å². The van der Waals surface area contributed by atoms with Gasteiger partial charge in [-0.25, -0.2) is 4.79 Å². The minimum Gasteiger partial charge on any atom is -0.478 e. The molecular weight excluding hydrogens is 260 g/mol. The fourth-order valence-electron chi connectivity index (χ4n) is 1.96. The van der Waals surface area contributed by atoms with Crippen LogP contribution in [0.2, 0.25) is 0 Å². The molecule has 0 aliphatic carbocycles. The van der Waals surface area contributed by atoms with Crippen LogP contribution in [0, 0.1) is 0 Å². The average molecular weight is 282 g/mol. The summed E-state index contributed by atoms with van der Waals surface area (Å²) in [4.78, 5) is 14.4. The number of thioether (sulfide) groups is 1. The Balaban J connectivity index is 2.75. The minimum atomic E-state index is -0.879. The zero-order valence-corrected chi connectivity index (χ0v) is 12.6. The van der Waals surface area contributed by atoms with Gasteiger partial charge in [0.05, 0.1) is 5.56 Å². The van der Waals surface area contributed by atoms with E-state index in [-0.39, 0.29) is 0 Å². The van der Waals surface area contributed by atoms with Gasteiger partial charge in [-0.15, -0.1) is 11.8 Å². The van der Waals surface area contributed by atoms with Crippen molar-refractivity contribution in [2.24, 2.45) is 0 Å². The third-order valence-corrected chi connectivity index (χ3v) is 3.88. The molecular formula is C14H22N2O2S. The standard InChI is InChI=1S/C14H22N2O2S/c1-4-16(5-2)10-9-15-11-7-6-8-12(19-3)13(11)14(17)18/h6-8,15H,4-5,9-10H2,1-3H3,(H,17,18). The van der Waals surface area contributed by atoms with Gasteiger partial charge in [-0.3, -0.25) is 0 Å². The second-order valence-electron chi connectivity index (χ2n) is 4.14. The van der Waals surface area contributed by atoms with Gasteiger partial charge in [0.1, 0.15) is 0 Å². The van der Waals surface area contributed by atoms with Gasteiger partial charge in [-0.05, 0) is 31.5 Å². The van der Waals surface area contributed by atoms with Crippen molar-refractivity contribution in [3.63, 3.8) is 0 Å². The maximum absolute atomic E-state index is 11.3. The molecule has 1 rings (SSSR count). The van der Waals surface area contributed by atoms with Gasteiger partial charge in [-0.1, -0.05) is 19.9 Å². The van der Waals surface area contributed by atoms with E-state index in [2.05, 4.69) is 24.1 Å². The molecule has 0 aliphatic heterocycles. The lowest BCUT2D eigenvalue weighted by molar-refractivity contribution is 0.0694. The van der Waals surface area contributed by atoms with Gasteiger partial charge >= 0.3 is 5.97 Å². The van der Waals surface area contributed by atoms with Crippen molar-refractivity contribution in [2.75, 3.05) is 37.8 Å². The first-order chi connectivity index (χ1) is 9.13. The van der Waals surface area contributed by atoms with E-state index in [9.17, 15) is 9.90 Å². The lowest BCUT2D eigenvalue weighted by atomic mass is 10.1. The summed E-state index contributed by atoms with van der Waals surface area (Å²) in [5, 5.41) is 12.5. The predicted octanol–water partition coefficient (Wildman–Crippen LogP) is 2.86. The molecule has 0 atom stereocenters. The van der Waals surface area contributed by atoms with Crippen LogP contribution < -0.4 is 5.32 Å². The third kappa shape index (κ3) is 4.44. The van der Waals surface area contributed by atoms with Crippen LogP contribution in [0.4, 0.5) is 5.69 Å². The maximum Gasteiger partial charge on any atom is 0.338 e. The van der Waals surface area contributed by atoms with Crippen LogP contribution in [-0.4, -0.2) is 48.4 Å². The van der Waals surface area contributed by atoms with Gasteiger partial charge in [0.2, 0.25) is 0 Å². The Hall–Kier alpha value is -1.20. The summed E-state index contributed by atoms with van der Waals surface area (Å²) in [5.74, 6) is -0.879. The smallest absolute Gasteiger partial charge is 0.338 e. The molecule has 0 aliphatic rings. The maximum atomic E-state index is 11.3. The molecule has 0 amide bonds. The van der Waals surface area contributed by atoms with Gasteiger partial charge in [0, 0.05) is 23.7 Å². The van der Waals surface area contributed by atoms with Crippen molar-refractivity contribution >= 4 is 23.4 Å². The van der Waals surface area contributed by atoms with Crippen molar-refractivity contribution in [1.29, 1.82) is 0 Å². The number of aromatic carboxylic acids is 1. The monoisotopic (exact) mass is 282 g/mol. The molecule has 0 saturated carbocycles. The molecule has 1 aromatic carbocycles. The highest BCUT2D eigenvalue weighted by molar-refractivity contribution is 7.98. The van der Waals surface area contributed by atoms with E-state index in [4.69, 9.17) is 0 Å². The Labute approximate surface area is 119 Å². The number of hydrogen-bond acceptors (Lipinski definition) is 4. The number of carboxylic acids is 1. The van der Waals surface area contributed by atoms with Crippen molar-refractivity contribution < 1.29 is 9.90 Å². The van der Waals surface area contributed by atoms with E-state index in [1.165, 1.54) is 11.8 Å². The van der Waals surface area contributed by atoms with E-state index in [1.54, 1.807) is 0 Å². The fraction of sp³-hybridized carbons (Fsp3) is 0.500. The van der Waals surface area contributed by atoms with Gasteiger partial charge in [0.15, 0.2) is 0 Å². The first-order valence-electron chi connectivity index (χ1n) is 6.50. The number of benzene rings is 1. The van der Waals surface area contributed by atoms with Gasteiger partial charge in [0.25, 0.3) is 0 Å². The van der Waals surface area contributed by atoms with Crippen LogP contribution in [0.1, 0.15) is 24.2 Å². The summed E-state index contributed by atoms with van der Waals surface area (Å²) in [5.41, 5.74) is 1.07. The van der Waals surface area contributed by atoms with Gasteiger partial charge < -0.3 is 15.3 Å². The minimum absolute atomic E-state index is 0.370. The summed E-state index contributed by atoms with van der Waals surface area (Å²) in [7, 11) is 0. The molecule has 19 heavy (non-hydrogen) atoms. The largest absolute Gasteiger partial charge is 0.478 e. The summed E-state index contributed by atoms with van der Waals surface area (Å²) in [6.45, 7) is 7.93. The molecule has 0 unspecified atom stereocenters. The Morgan fingerprint density at radius 3 is 2.58 bits per heavy atom.